The van der Waals surface area contributed by atoms with E-state index in [0.717, 1.165) is 11.1 Å². The van der Waals surface area contributed by atoms with Gasteiger partial charge in [-0.05, 0) is 32.4 Å². The number of aromatic nitrogens is 3. The molecule has 2 heterocycles. The molecule has 6 nitrogen and oxygen atoms in total. The lowest BCUT2D eigenvalue weighted by Crippen LogP contribution is -2.32. The van der Waals surface area contributed by atoms with Crippen LogP contribution in [0.2, 0.25) is 0 Å². The van der Waals surface area contributed by atoms with Crippen molar-refractivity contribution in [1.29, 1.82) is 0 Å². The Kier molecular flexibility index (Phi) is 3.18. The quantitative estimate of drug-likeness (QED) is 0.879. The molecular weight excluding hydrogens is 232 g/mol. The Hall–Kier alpha value is -2.11. The molecule has 2 aromatic heterocycles. The van der Waals surface area contributed by atoms with Gasteiger partial charge in [0.05, 0.1) is 11.7 Å². The smallest absolute Gasteiger partial charge is 0.407 e. The fourth-order valence-electron chi connectivity index (χ4n) is 1.50. The van der Waals surface area contributed by atoms with E-state index in [1.54, 1.807) is 10.7 Å². The number of alkyl carbamates (subject to hydrolysis) is 1. The Bertz CT molecular complexity index is 523. The molecule has 0 radical (unpaired) electrons. The van der Waals surface area contributed by atoms with E-state index in [4.69, 9.17) is 4.74 Å². The third-order valence-electron chi connectivity index (χ3n) is 2.17. The number of carbonyl (C=O) groups is 1. The summed E-state index contributed by atoms with van der Waals surface area (Å²) in [7, 11) is 0. The van der Waals surface area contributed by atoms with Crippen LogP contribution in [-0.2, 0) is 11.3 Å². The molecule has 0 aliphatic rings. The molecule has 1 N–H and O–H groups in total. The summed E-state index contributed by atoms with van der Waals surface area (Å²) in [5.74, 6) is 0. The molecule has 2 aromatic rings. The molecule has 96 valence electrons. The van der Waals surface area contributed by atoms with Crippen molar-refractivity contribution in [3.63, 3.8) is 0 Å². The molecule has 18 heavy (non-hydrogen) atoms. The number of nitrogens with one attached hydrogen (secondary N) is 1. The monoisotopic (exact) mass is 248 g/mol. The van der Waals surface area contributed by atoms with Gasteiger partial charge in [-0.2, -0.15) is 5.10 Å². The lowest BCUT2D eigenvalue weighted by Gasteiger charge is -2.19. The summed E-state index contributed by atoms with van der Waals surface area (Å²) in [6, 6.07) is 1.91. The van der Waals surface area contributed by atoms with Gasteiger partial charge in [0.1, 0.15) is 11.9 Å². The summed E-state index contributed by atoms with van der Waals surface area (Å²) in [6.07, 6.45) is 4.60. The van der Waals surface area contributed by atoms with Gasteiger partial charge in [-0.15, -0.1) is 0 Å². The number of hydrogen-bond acceptors (Lipinski definition) is 4. The standard InChI is InChI=1S/C12H16N4O2/c1-12(2,3)18-11(17)14-5-9-4-10-6-13-8-15-16(10)7-9/h4,6-8H,5H2,1-3H3,(H,14,17). The molecule has 1 amide bonds. The molecule has 0 aliphatic carbocycles. The van der Waals surface area contributed by atoms with Gasteiger partial charge in [-0.25, -0.2) is 14.3 Å². The second-order valence-electron chi connectivity index (χ2n) is 4.98. The van der Waals surface area contributed by atoms with Gasteiger partial charge in [0.25, 0.3) is 0 Å². The van der Waals surface area contributed by atoms with Crippen LogP contribution in [0.4, 0.5) is 4.79 Å². The summed E-state index contributed by atoms with van der Waals surface area (Å²) in [6.45, 7) is 5.89. The Labute approximate surface area is 105 Å². The summed E-state index contributed by atoms with van der Waals surface area (Å²) >= 11 is 0. The van der Waals surface area contributed by atoms with Crippen molar-refractivity contribution >= 4 is 11.6 Å². The molecule has 6 heteroatoms. The highest BCUT2D eigenvalue weighted by molar-refractivity contribution is 5.67. The molecule has 0 saturated heterocycles. The number of carbonyl (C=O) groups excluding carboxylic acids is 1. The summed E-state index contributed by atoms with van der Waals surface area (Å²) < 4.78 is 6.86. The van der Waals surface area contributed by atoms with Crippen LogP contribution in [-0.4, -0.2) is 26.3 Å². The van der Waals surface area contributed by atoms with Gasteiger partial charge < -0.3 is 10.1 Å². The minimum Gasteiger partial charge on any atom is -0.444 e. The molecule has 0 aromatic carbocycles. The largest absolute Gasteiger partial charge is 0.444 e. The van der Waals surface area contributed by atoms with Gasteiger partial charge in [0.15, 0.2) is 0 Å². The maximum Gasteiger partial charge on any atom is 0.407 e. The van der Waals surface area contributed by atoms with Crippen LogP contribution in [0.1, 0.15) is 26.3 Å². The van der Waals surface area contributed by atoms with Crippen molar-refractivity contribution in [1.82, 2.24) is 19.9 Å². The highest BCUT2D eigenvalue weighted by atomic mass is 16.6. The van der Waals surface area contributed by atoms with Crippen molar-refractivity contribution in [2.24, 2.45) is 0 Å². The highest BCUT2D eigenvalue weighted by Gasteiger charge is 2.15. The molecular formula is C12H16N4O2. The zero-order chi connectivity index (χ0) is 13.2. The molecule has 0 aliphatic heterocycles. The van der Waals surface area contributed by atoms with Crippen LogP contribution in [0.5, 0.6) is 0 Å². The highest BCUT2D eigenvalue weighted by Crippen LogP contribution is 2.09. The predicted octanol–water partition coefficient (Wildman–Crippen LogP) is 1.75. The van der Waals surface area contributed by atoms with Crippen LogP contribution in [0.3, 0.4) is 0 Å². The molecule has 0 spiro atoms. The van der Waals surface area contributed by atoms with Crippen molar-refractivity contribution in [2.75, 3.05) is 0 Å². The van der Waals surface area contributed by atoms with E-state index in [0.29, 0.717) is 6.54 Å². The zero-order valence-electron chi connectivity index (χ0n) is 10.7. The Balaban J connectivity index is 1.96. The Morgan fingerprint density at radius 1 is 1.50 bits per heavy atom. The van der Waals surface area contributed by atoms with Crippen molar-refractivity contribution < 1.29 is 9.53 Å². The number of ether oxygens (including phenoxy) is 1. The minimum absolute atomic E-state index is 0.401. The summed E-state index contributed by atoms with van der Waals surface area (Å²) in [4.78, 5) is 15.4. The fraction of sp³-hybridized carbons (Fsp3) is 0.417. The maximum absolute atomic E-state index is 11.5. The number of nitrogens with zero attached hydrogens (tertiary/aromatic N) is 3. The van der Waals surface area contributed by atoms with E-state index >= 15 is 0 Å². The third-order valence-corrected chi connectivity index (χ3v) is 2.17. The SMILES string of the molecule is CC(C)(C)OC(=O)NCc1cc2cncnn2c1. The van der Waals surface area contributed by atoms with E-state index in [2.05, 4.69) is 15.4 Å². The fourth-order valence-corrected chi connectivity index (χ4v) is 1.50. The molecule has 0 unspecified atom stereocenters. The van der Waals surface area contributed by atoms with Gasteiger partial charge >= 0.3 is 6.09 Å². The average molecular weight is 248 g/mol. The Morgan fingerprint density at radius 2 is 2.28 bits per heavy atom. The summed E-state index contributed by atoms with van der Waals surface area (Å²) in [5.41, 5.74) is 1.35. The molecule has 0 atom stereocenters. The lowest BCUT2D eigenvalue weighted by atomic mass is 10.2. The van der Waals surface area contributed by atoms with Crippen molar-refractivity contribution in [2.45, 2.75) is 32.9 Å². The van der Waals surface area contributed by atoms with E-state index < -0.39 is 11.7 Å². The maximum atomic E-state index is 11.5. The van der Waals surface area contributed by atoms with Gasteiger partial charge in [0.2, 0.25) is 0 Å². The molecule has 2 rings (SSSR count). The number of rotatable bonds is 2. The normalized spacial score (nSPS) is 11.5. The van der Waals surface area contributed by atoms with Gasteiger partial charge in [-0.3, -0.25) is 0 Å². The topological polar surface area (TPSA) is 68.5 Å². The average Bonchev–Trinajstić information content (AvgIpc) is 2.66. The van der Waals surface area contributed by atoms with Crippen LogP contribution in [0.25, 0.3) is 5.52 Å². The van der Waals surface area contributed by atoms with Crippen molar-refractivity contribution in [3.05, 3.63) is 30.4 Å². The van der Waals surface area contributed by atoms with E-state index in [9.17, 15) is 4.79 Å². The van der Waals surface area contributed by atoms with E-state index in [-0.39, 0.29) is 0 Å². The number of fused-ring (bicyclic) bond motifs is 1. The first-order valence-corrected chi connectivity index (χ1v) is 5.68. The second-order valence-corrected chi connectivity index (χ2v) is 4.98. The molecule has 0 saturated carbocycles. The third kappa shape index (κ3) is 3.19. The predicted molar refractivity (Wildman–Crippen MR) is 66.1 cm³/mol. The van der Waals surface area contributed by atoms with E-state index in [1.807, 2.05) is 33.0 Å². The summed E-state index contributed by atoms with van der Waals surface area (Å²) in [5, 5.41) is 6.74. The number of hydrogen-bond donors (Lipinski definition) is 1. The number of amides is 1. The van der Waals surface area contributed by atoms with Crippen LogP contribution < -0.4 is 5.32 Å². The first-order chi connectivity index (χ1) is 8.44. The van der Waals surface area contributed by atoms with Crippen LogP contribution >= 0.6 is 0 Å². The Morgan fingerprint density at radius 3 is 2.94 bits per heavy atom. The first kappa shape index (κ1) is 12.3. The van der Waals surface area contributed by atoms with Crippen LogP contribution in [0.15, 0.2) is 24.8 Å². The minimum atomic E-state index is -0.485. The van der Waals surface area contributed by atoms with E-state index in [1.165, 1.54) is 6.33 Å². The van der Waals surface area contributed by atoms with Gasteiger partial charge in [-0.1, -0.05) is 0 Å². The molecule has 0 fully saturated rings. The van der Waals surface area contributed by atoms with Gasteiger partial charge in [0, 0.05) is 12.7 Å². The lowest BCUT2D eigenvalue weighted by molar-refractivity contribution is 0.0523. The van der Waals surface area contributed by atoms with Crippen molar-refractivity contribution in [3.8, 4) is 0 Å². The first-order valence-electron chi connectivity index (χ1n) is 5.68. The molecule has 0 bridgehead atoms. The van der Waals surface area contributed by atoms with Crippen LogP contribution in [0, 0.1) is 0 Å². The zero-order valence-corrected chi connectivity index (χ0v) is 10.7. The second kappa shape index (κ2) is 4.64.